The van der Waals surface area contributed by atoms with E-state index >= 15 is 0 Å². The topological polar surface area (TPSA) is 118 Å². The van der Waals surface area contributed by atoms with Crippen LogP contribution in [0.15, 0.2) is 53.4 Å². The number of sulfonamides is 1. The summed E-state index contributed by atoms with van der Waals surface area (Å²) in [7, 11) is -6.33. The van der Waals surface area contributed by atoms with Crippen LogP contribution in [0.25, 0.3) is 0 Å². The number of nitrogens with one attached hydrogen (secondary N) is 2. The van der Waals surface area contributed by atoms with Gasteiger partial charge in [0.25, 0.3) is 15.7 Å². The minimum atomic E-state index is -3.83. The minimum absolute atomic E-state index is 0.0317. The second kappa shape index (κ2) is 7.88. The Labute approximate surface area is 152 Å². The summed E-state index contributed by atoms with van der Waals surface area (Å²) in [6.45, 7) is 3.68. The molecule has 0 aromatic heterocycles. The molecule has 2 N–H and O–H groups in total. The van der Waals surface area contributed by atoms with Crippen molar-refractivity contribution in [2.24, 2.45) is 0 Å². The predicted molar refractivity (Wildman–Crippen MR) is 103 cm³/mol. The molecule has 0 aliphatic heterocycles. The molecule has 2 aromatic carbocycles. The highest BCUT2D eigenvalue weighted by atomic mass is 32.2. The summed E-state index contributed by atoms with van der Waals surface area (Å²) < 4.78 is 39.6. The fourth-order valence-electron chi connectivity index (χ4n) is 2.19. The van der Waals surface area contributed by atoms with E-state index in [0.717, 1.165) is 0 Å². The first-order chi connectivity index (χ1) is 12.2. The lowest BCUT2D eigenvalue weighted by Crippen LogP contribution is -2.13. The number of hydrogen-bond donors (Lipinski definition) is 2. The van der Waals surface area contributed by atoms with Gasteiger partial charge in [0.1, 0.15) is 0 Å². The molecule has 10 heteroatoms. The van der Waals surface area contributed by atoms with E-state index < -0.39 is 22.2 Å². The first-order valence-corrected chi connectivity index (χ1v) is 11.5. The molecule has 2 aromatic rings. The Bertz CT molecular complexity index is 919. The predicted octanol–water partition coefficient (Wildman–Crippen LogP) is 4.13. The fraction of sp³-hybridized carbons (Fsp3) is 0.250. The molecule has 2 rings (SSSR count). The van der Waals surface area contributed by atoms with Gasteiger partial charge >= 0.3 is 0 Å². The van der Waals surface area contributed by atoms with Crippen LogP contribution in [0.4, 0.5) is 17.1 Å². The van der Waals surface area contributed by atoms with Crippen LogP contribution in [0.2, 0.25) is 0 Å². The standard InChI is InChI=1S/C16H20N3O5PS/c1-3-25(22,4-2)17-13-7-11-16(12-8-13)26(23,24)18-14-5-9-15(10-6-14)19(20)21/h5-12,18H,3-4H2,1-2H3,(H,17,22). The Morgan fingerprint density at radius 3 is 1.92 bits per heavy atom. The van der Waals surface area contributed by atoms with Crippen molar-refractivity contribution in [3.8, 4) is 0 Å². The Morgan fingerprint density at radius 2 is 1.46 bits per heavy atom. The molecule has 140 valence electrons. The Hall–Kier alpha value is -2.38. The van der Waals surface area contributed by atoms with Crippen molar-refractivity contribution in [2.45, 2.75) is 18.7 Å². The number of benzene rings is 2. The van der Waals surface area contributed by atoms with Gasteiger partial charge in [-0.3, -0.25) is 14.8 Å². The Balaban J connectivity index is 2.16. The molecule has 0 saturated heterocycles. The number of hydrogen-bond acceptors (Lipinski definition) is 5. The molecule has 0 fully saturated rings. The van der Waals surface area contributed by atoms with Crippen LogP contribution < -0.4 is 9.81 Å². The molecule has 0 aliphatic rings. The average molecular weight is 397 g/mol. The van der Waals surface area contributed by atoms with Gasteiger partial charge in [0.15, 0.2) is 7.29 Å². The smallest absolute Gasteiger partial charge is 0.269 e. The number of nitro groups is 1. The van der Waals surface area contributed by atoms with E-state index in [1.54, 1.807) is 12.1 Å². The second-order valence-electron chi connectivity index (χ2n) is 5.57. The Kier molecular flexibility index (Phi) is 6.05. The molecule has 0 aliphatic carbocycles. The van der Waals surface area contributed by atoms with Crippen LogP contribution in [-0.4, -0.2) is 25.7 Å². The highest BCUT2D eigenvalue weighted by molar-refractivity contribution is 7.92. The summed E-state index contributed by atoms with van der Waals surface area (Å²) in [5, 5.41) is 13.6. The number of anilines is 2. The molecule has 0 heterocycles. The van der Waals surface area contributed by atoms with Crippen molar-refractivity contribution in [1.82, 2.24) is 0 Å². The number of non-ortho nitro benzene ring substituents is 1. The first-order valence-electron chi connectivity index (χ1n) is 7.93. The molecule has 0 unspecified atom stereocenters. The largest absolute Gasteiger partial charge is 0.336 e. The molecule has 0 bridgehead atoms. The number of rotatable bonds is 8. The van der Waals surface area contributed by atoms with Crippen molar-refractivity contribution in [2.75, 3.05) is 22.1 Å². The normalized spacial score (nSPS) is 11.8. The van der Waals surface area contributed by atoms with Gasteiger partial charge in [0, 0.05) is 35.8 Å². The summed E-state index contributed by atoms with van der Waals surface area (Å²) in [6.07, 6.45) is 1.01. The summed E-state index contributed by atoms with van der Waals surface area (Å²) >= 11 is 0. The molecular weight excluding hydrogens is 377 g/mol. The summed E-state index contributed by atoms with van der Waals surface area (Å²) in [4.78, 5) is 10.1. The molecular formula is C16H20N3O5PS. The maximum atomic E-state index is 12.4. The van der Waals surface area contributed by atoms with Gasteiger partial charge in [0.05, 0.1) is 9.82 Å². The fourth-order valence-corrected chi connectivity index (χ4v) is 4.63. The zero-order chi connectivity index (χ0) is 19.4. The van der Waals surface area contributed by atoms with E-state index in [1.807, 2.05) is 13.8 Å². The van der Waals surface area contributed by atoms with Gasteiger partial charge in [-0.15, -0.1) is 0 Å². The van der Waals surface area contributed by atoms with Crippen LogP contribution in [-0.2, 0) is 14.6 Å². The molecule has 0 amide bonds. The van der Waals surface area contributed by atoms with Gasteiger partial charge in [-0.1, -0.05) is 13.8 Å². The zero-order valence-corrected chi connectivity index (χ0v) is 16.1. The van der Waals surface area contributed by atoms with Gasteiger partial charge < -0.3 is 9.65 Å². The van der Waals surface area contributed by atoms with E-state index in [1.165, 1.54) is 36.4 Å². The molecule has 0 radical (unpaired) electrons. The maximum absolute atomic E-state index is 12.4. The lowest BCUT2D eigenvalue weighted by Gasteiger charge is -2.17. The molecule has 0 spiro atoms. The van der Waals surface area contributed by atoms with Crippen LogP contribution in [0, 0.1) is 10.1 Å². The van der Waals surface area contributed by atoms with Gasteiger partial charge in [-0.25, -0.2) is 8.42 Å². The third kappa shape index (κ3) is 4.83. The SMILES string of the molecule is CCP(=O)(CC)Nc1ccc(S(=O)(=O)Nc2ccc([N+](=O)[O-])cc2)cc1. The maximum Gasteiger partial charge on any atom is 0.269 e. The third-order valence-corrected chi connectivity index (χ3v) is 7.96. The van der Waals surface area contributed by atoms with Crippen LogP contribution in [0.1, 0.15) is 13.8 Å². The van der Waals surface area contributed by atoms with Gasteiger partial charge in [-0.05, 0) is 36.4 Å². The van der Waals surface area contributed by atoms with Crippen LogP contribution in [0.5, 0.6) is 0 Å². The molecule has 26 heavy (non-hydrogen) atoms. The van der Waals surface area contributed by atoms with E-state index in [0.29, 0.717) is 18.0 Å². The molecule has 8 nitrogen and oxygen atoms in total. The van der Waals surface area contributed by atoms with E-state index in [9.17, 15) is 23.1 Å². The number of nitro benzene ring substituents is 1. The van der Waals surface area contributed by atoms with Crippen molar-refractivity contribution < 1.29 is 17.9 Å². The van der Waals surface area contributed by atoms with E-state index in [4.69, 9.17) is 0 Å². The summed E-state index contributed by atoms with van der Waals surface area (Å²) in [5.41, 5.74) is 0.685. The quantitative estimate of drug-likeness (QED) is 0.393. The average Bonchev–Trinajstić information content (AvgIpc) is 2.62. The van der Waals surface area contributed by atoms with Gasteiger partial charge in [-0.2, -0.15) is 0 Å². The van der Waals surface area contributed by atoms with Crippen molar-refractivity contribution in [1.29, 1.82) is 0 Å². The highest BCUT2D eigenvalue weighted by Gasteiger charge is 2.18. The lowest BCUT2D eigenvalue weighted by molar-refractivity contribution is -0.384. The monoisotopic (exact) mass is 397 g/mol. The van der Waals surface area contributed by atoms with Gasteiger partial charge in [0.2, 0.25) is 0 Å². The zero-order valence-electron chi connectivity index (χ0n) is 14.4. The highest BCUT2D eigenvalue weighted by Crippen LogP contribution is 2.44. The molecule has 0 atom stereocenters. The minimum Gasteiger partial charge on any atom is -0.336 e. The number of nitrogens with zero attached hydrogens (tertiary/aromatic N) is 1. The first kappa shape index (κ1) is 19.9. The van der Waals surface area contributed by atoms with Crippen LogP contribution in [0.3, 0.4) is 0 Å². The van der Waals surface area contributed by atoms with Crippen molar-refractivity contribution in [3.05, 3.63) is 58.6 Å². The van der Waals surface area contributed by atoms with Crippen molar-refractivity contribution in [3.63, 3.8) is 0 Å². The second-order valence-corrected chi connectivity index (χ2v) is 10.5. The van der Waals surface area contributed by atoms with E-state index in [-0.39, 0.29) is 16.3 Å². The van der Waals surface area contributed by atoms with Crippen molar-refractivity contribution >= 4 is 34.4 Å². The lowest BCUT2D eigenvalue weighted by atomic mass is 10.3. The van der Waals surface area contributed by atoms with Crippen LogP contribution >= 0.6 is 7.29 Å². The van der Waals surface area contributed by atoms with E-state index in [2.05, 4.69) is 9.81 Å². The summed E-state index contributed by atoms with van der Waals surface area (Å²) in [5.74, 6) is 0. The third-order valence-electron chi connectivity index (χ3n) is 3.85. The Morgan fingerprint density at radius 1 is 0.962 bits per heavy atom. The molecule has 0 saturated carbocycles. The summed E-state index contributed by atoms with van der Waals surface area (Å²) in [6, 6.07) is 11.0.